The maximum atomic E-state index is 13.7. The van der Waals surface area contributed by atoms with Crippen LogP contribution >= 0.6 is 0 Å². The van der Waals surface area contributed by atoms with Crippen LogP contribution in [0.25, 0.3) is 0 Å². The summed E-state index contributed by atoms with van der Waals surface area (Å²) in [4.78, 5) is 89.2. The summed E-state index contributed by atoms with van der Waals surface area (Å²) in [5.74, 6) is -15.1. The largest absolute Gasteiger partial charge is 0.477 e. The first-order chi connectivity index (χ1) is 65.4. The number of aliphatic hydroxyl groups excluding tert-OH is 26. The van der Waals surface area contributed by atoms with Crippen molar-refractivity contribution in [3.8, 4) is 0 Å². The number of aliphatic carboxylic acids is 2. The summed E-state index contributed by atoms with van der Waals surface area (Å²) < 4.78 is 145. The maximum absolute atomic E-state index is 13.7. The van der Waals surface area contributed by atoms with Gasteiger partial charge in [0.2, 0.25) is 29.5 Å². The molecule has 5 amide bonds. The number of aliphatic hydroxyl groups is 26. The lowest BCUT2D eigenvalue weighted by atomic mass is 9.88. The van der Waals surface area contributed by atoms with Crippen molar-refractivity contribution < 1.29 is 280 Å². The summed E-state index contributed by atoms with van der Waals surface area (Å²) in [6, 6.07) is -9.28. The molecule has 10 saturated heterocycles. The van der Waals surface area contributed by atoms with Gasteiger partial charge in [-0.05, 0) is 0 Å². The fourth-order valence-corrected chi connectivity index (χ4v) is 17.7. The van der Waals surface area contributed by atoms with Crippen LogP contribution in [0.1, 0.15) is 47.5 Å². The van der Waals surface area contributed by atoms with Crippen molar-refractivity contribution in [2.24, 2.45) is 0 Å². The second-order valence-corrected chi connectivity index (χ2v) is 34.8. The van der Waals surface area contributed by atoms with Crippen molar-refractivity contribution in [2.45, 2.75) is 365 Å². The fraction of sp³-hybridized carbons (Fsp3) is 0.909. The Kier molecular flexibility index (Phi) is 41.2. The molecule has 50 unspecified atom stereocenters. The third kappa shape index (κ3) is 25.8. The predicted molar refractivity (Wildman–Crippen MR) is 425 cm³/mol. The molecule has 10 aliphatic rings. The number of carbonyl (C=O) groups excluding carboxylic acids is 5. The van der Waals surface area contributed by atoms with E-state index in [1.54, 1.807) is 0 Å². The summed E-state index contributed by atoms with van der Waals surface area (Å²) in [6.45, 7) is -8.58. The van der Waals surface area contributed by atoms with Gasteiger partial charge in [0, 0.05) is 54.6 Å². The van der Waals surface area contributed by atoms with Crippen molar-refractivity contribution in [1.29, 1.82) is 0 Å². The zero-order valence-corrected chi connectivity index (χ0v) is 74.7. The molecule has 33 N–H and O–H groups in total. The van der Waals surface area contributed by atoms with Crippen LogP contribution in [-0.4, -0.2) is 576 Å². The third-order valence-electron chi connectivity index (χ3n) is 25.0. The molecule has 0 bridgehead atoms. The van der Waals surface area contributed by atoms with Crippen LogP contribution < -0.4 is 26.6 Å². The first-order valence-corrected chi connectivity index (χ1v) is 43.7. The number of methoxy groups -OCH3 is 1. The van der Waals surface area contributed by atoms with Crippen LogP contribution in [0.4, 0.5) is 8.78 Å². The number of amides is 5. The number of halogens is 2. The molecule has 62 heteroatoms. The molecule has 0 aliphatic carbocycles. The van der Waals surface area contributed by atoms with Gasteiger partial charge in [0.25, 0.3) is 11.6 Å². The molecule has 60 nitrogen and oxygen atoms in total. The minimum Gasteiger partial charge on any atom is -0.477 e. The van der Waals surface area contributed by atoms with Crippen LogP contribution in [-0.2, 0) is 128 Å². The van der Waals surface area contributed by atoms with Crippen molar-refractivity contribution >= 4 is 41.5 Å². The molecule has 52 atom stereocenters. The smallest absolute Gasteiger partial charge is 0.364 e. The van der Waals surface area contributed by atoms with Crippen LogP contribution in [0.5, 0.6) is 0 Å². The molecule has 0 aromatic heterocycles. The number of carbonyl (C=O) groups is 7. The molecule has 0 spiro atoms. The third-order valence-corrected chi connectivity index (χ3v) is 25.0. The van der Waals surface area contributed by atoms with E-state index in [9.17, 15) is 185 Å². The second kappa shape index (κ2) is 49.7. The Morgan fingerprint density at radius 1 is 0.317 bits per heavy atom. The van der Waals surface area contributed by atoms with E-state index in [0.29, 0.717) is 0 Å². The molecule has 0 saturated carbocycles. The van der Waals surface area contributed by atoms with E-state index in [1.165, 1.54) is 0 Å². The van der Waals surface area contributed by atoms with Gasteiger partial charge in [-0.25, -0.2) is 18.4 Å². The predicted octanol–water partition coefficient (Wildman–Crippen LogP) is -21.1. The quantitative estimate of drug-likeness (QED) is 0.0271. The molecule has 10 fully saturated rings. The zero-order chi connectivity index (χ0) is 103. The molecule has 10 rings (SSSR count). The SMILES string of the molecule is COC1OC(CO)C(OC2OC(COC3OC(CO)C(O)C(O)C3OC3OC(CO)C(OC4OC(COC5(C(=O)O)CC(O)C(NC(C)=O)C([C@H](O)C(O)CF)O5)C(O)C(O)C4O)C(O)C3NC(C)=O)C(O)C(OC3OC(CO)C(O)C(O)C3OC3OC(CO)C(OC4OC(COC5(C(=O)O)CC(O)C(NC(C)=O)C([C@H](O)C(O)CF)O5)C(O)C(O)C4O)C(O)C3NC(C)=O)C2O)C(O)C1NC(C)=O. The van der Waals surface area contributed by atoms with Crippen LogP contribution in [0.3, 0.4) is 0 Å². The van der Waals surface area contributed by atoms with Gasteiger partial charge in [-0.3, -0.25) is 24.0 Å². The number of carboxylic acid groups (broad SMARTS) is 2. The standard InChI is InChI=1S/C77H125F2N5O55/c1-19(90)80-36-24(95)7-76(74(116)117,138-61(36)41(99)26(97)9-78)122-17-34-45(103)51(109)55(113)69(130-34)132-59-31(14-88)127-67(39(49(59)107)83-22(4)93)136-64-53(111)43(101)28(11-85)124-72(64)121-16-33-47(105)63(57(115)71(129-33)134-58-30(13-87)126-66(120-6)38(48(58)106)82-21(3)92)135-73-65(54(112)44(102)29(12-86)125-73)137-68-40(84-23(5)94)50(108)60(32(15-89)128-68)133-70-56(114)52(110)46(104)35(131-70)18-123-77(75(118)119)8-25(96)37(81-20(2)91)62(139-77)42(100)27(98)10-79/h24-73,85-89,95-115H,7-18H2,1-6H3,(H,80,90)(H,81,91)(H,82,92)(H,83,93)(H,84,94)(H,116,117)(H,118,119)/t24?,25?,26?,27?,28?,29?,30?,31?,32?,33?,34?,35?,36?,37?,38?,39?,40?,41-,42-,43?,44?,45?,46?,47?,48?,49?,50?,51?,52?,53?,54?,55?,56?,57?,58?,59?,60?,61?,62?,63?,64?,65?,66?,67?,68?,69?,70?,71?,72?,73?,76?,77?/m1/s1. The van der Waals surface area contributed by atoms with Gasteiger partial charge >= 0.3 is 11.9 Å². The Morgan fingerprint density at radius 3 is 0.928 bits per heavy atom. The fourth-order valence-electron chi connectivity index (χ4n) is 17.7. The van der Waals surface area contributed by atoms with Gasteiger partial charge in [0.1, 0.15) is 245 Å². The number of ether oxygens (including phenoxy) is 20. The highest BCUT2D eigenvalue weighted by Gasteiger charge is 2.64. The minimum atomic E-state index is -3.15. The van der Waals surface area contributed by atoms with Crippen molar-refractivity contribution in [2.75, 3.05) is 73.3 Å². The molecular formula is C77H125F2N5O55. The normalized spacial score (nSPS) is 45.9. The van der Waals surface area contributed by atoms with E-state index in [-0.39, 0.29) is 0 Å². The van der Waals surface area contributed by atoms with Gasteiger partial charge < -0.3 is 264 Å². The molecule has 802 valence electrons. The summed E-state index contributed by atoms with van der Waals surface area (Å²) in [5, 5.41) is 327. The van der Waals surface area contributed by atoms with Gasteiger partial charge in [-0.2, -0.15) is 0 Å². The summed E-state index contributed by atoms with van der Waals surface area (Å²) in [5.41, 5.74) is 0. The number of hydrogen-bond donors (Lipinski definition) is 33. The number of rotatable bonds is 40. The Balaban J connectivity index is 0.912. The molecular weight excluding hydrogens is 1910 g/mol. The zero-order valence-electron chi connectivity index (χ0n) is 74.7. The maximum Gasteiger partial charge on any atom is 0.364 e. The monoisotopic (exact) mass is 2040 g/mol. The lowest BCUT2D eigenvalue weighted by Gasteiger charge is -2.51. The van der Waals surface area contributed by atoms with E-state index < -0.39 is 438 Å². The number of carboxylic acids is 2. The number of alkyl halides is 2. The highest BCUT2D eigenvalue weighted by molar-refractivity contribution is 5.78. The first-order valence-electron chi connectivity index (χ1n) is 43.7. The lowest BCUT2D eigenvalue weighted by molar-refractivity contribution is -0.398. The highest BCUT2D eigenvalue weighted by atomic mass is 19.1. The van der Waals surface area contributed by atoms with E-state index >= 15 is 0 Å². The molecule has 139 heavy (non-hydrogen) atoms. The number of hydrogen-bond acceptors (Lipinski definition) is 53. The molecule has 10 heterocycles. The van der Waals surface area contributed by atoms with E-state index in [4.69, 9.17) is 94.7 Å². The second-order valence-electron chi connectivity index (χ2n) is 34.8. The van der Waals surface area contributed by atoms with Gasteiger partial charge in [-0.15, -0.1) is 0 Å². The minimum absolute atomic E-state index is 0.814. The molecule has 0 radical (unpaired) electrons. The first kappa shape index (κ1) is 115. The van der Waals surface area contributed by atoms with Crippen molar-refractivity contribution in [3.05, 3.63) is 0 Å². The summed E-state index contributed by atoms with van der Waals surface area (Å²) in [7, 11) is 1.08. The summed E-state index contributed by atoms with van der Waals surface area (Å²) >= 11 is 0. The summed E-state index contributed by atoms with van der Waals surface area (Å²) in [6.07, 6.45) is -103. The Hall–Kier alpha value is -5.69. The van der Waals surface area contributed by atoms with Crippen molar-refractivity contribution in [3.63, 3.8) is 0 Å². The Labute approximate surface area is 784 Å². The number of nitrogens with one attached hydrogen (secondary N) is 5. The van der Waals surface area contributed by atoms with Crippen LogP contribution in [0, 0.1) is 0 Å². The highest BCUT2D eigenvalue weighted by Crippen LogP contribution is 2.43. The molecule has 10 aliphatic heterocycles. The van der Waals surface area contributed by atoms with E-state index in [2.05, 4.69) is 26.6 Å². The topological polar surface area (TPSA) is 931 Å². The average Bonchev–Trinajstić information content (AvgIpc) is 0.764. The molecule has 0 aromatic carbocycles. The van der Waals surface area contributed by atoms with Crippen LogP contribution in [0.2, 0.25) is 0 Å². The van der Waals surface area contributed by atoms with Gasteiger partial charge in [0.15, 0.2) is 50.3 Å². The van der Waals surface area contributed by atoms with Crippen LogP contribution in [0.15, 0.2) is 0 Å². The van der Waals surface area contributed by atoms with E-state index in [0.717, 1.165) is 41.7 Å². The van der Waals surface area contributed by atoms with Crippen molar-refractivity contribution in [1.82, 2.24) is 26.6 Å². The molecule has 0 aromatic rings. The van der Waals surface area contributed by atoms with E-state index in [1.807, 2.05) is 0 Å². The van der Waals surface area contributed by atoms with Gasteiger partial charge in [-0.1, -0.05) is 0 Å². The lowest BCUT2D eigenvalue weighted by Crippen LogP contribution is -2.70. The van der Waals surface area contributed by atoms with Gasteiger partial charge in [0.05, 0.1) is 77.1 Å². The Bertz CT molecular complexity index is 3960. The Morgan fingerprint density at radius 2 is 0.597 bits per heavy atom. The average molecular weight is 2040 g/mol.